The molecule has 0 radical (unpaired) electrons. The second-order valence-electron chi connectivity index (χ2n) is 9.20. The number of para-hydroxylation sites is 1. The summed E-state index contributed by atoms with van der Waals surface area (Å²) in [4.78, 5) is 9.75. The number of hydrogen-bond acceptors (Lipinski definition) is 9. The zero-order chi connectivity index (χ0) is 25.6. The lowest BCUT2D eigenvalue weighted by Crippen LogP contribution is -2.06. The lowest BCUT2D eigenvalue weighted by Gasteiger charge is -2.14. The Morgan fingerprint density at radius 3 is 1.94 bits per heavy atom. The van der Waals surface area contributed by atoms with Crippen LogP contribution in [0.25, 0.3) is 0 Å². The molecule has 1 heterocycles. The molecule has 0 N–H and O–H groups in total. The lowest BCUT2D eigenvalue weighted by atomic mass is 10.0. The van der Waals surface area contributed by atoms with Crippen molar-refractivity contribution in [2.24, 2.45) is 0 Å². The van der Waals surface area contributed by atoms with E-state index in [2.05, 4.69) is 31.6 Å². The van der Waals surface area contributed by atoms with Crippen molar-refractivity contribution in [3.63, 3.8) is 0 Å². The van der Waals surface area contributed by atoms with Crippen LogP contribution in [-0.4, -0.2) is 13.2 Å². The second kappa shape index (κ2) is 21.0. The molecule has 10 heteroatoms. The molecule has 1 fully saturated rings. The van der Waals surface area contributed by atoms with E-state index >= 15 is 0 Å². The lowest BCUT2D eigenvalue weighted by molar-refractivity contribution is -0.692. The van der Waals surface area contributed by atoms with Crippen molar-refractivity contribution in [3.05, 3.63) is 29.8 Å². The van der Waals surface area contributed by atoms with Gasteiger partial charge in [0.1, 0.15) is 6.61 Å². The number of aryl methyl sites for hydroxylation is 1. The summed E-state index contributed by atoms with van der Waals surface area (Å²) >= 11 is 0. The molecule has 208 valence electrons. The highest BCUT2D eigenvalue weighted by atomic mass is 31.2. The maximum atomic E-state index is 12.5. The van der Waals surface area contributed by atoms with Crippen molar-refractivity contribution < 1.29 is 43.3 Å². The van der Waals surface area contributed by atoms with E-state index in [-0.39, 0.29) is 13.2 Å². The Labute approximate surface area is 216 Å². The molecule has 1 saturated heterocycles. The highest BCUT2D eigenvalue weighted by Gasteiger charge is 2.33. The van der Waals surface area contributed by atoms with Crippen LogP contribution in [0.3, 0.4) is 0 Å². The fourth-order valence-electron chi connectivity index (χ4n) is 4.09. The summed E-state index contributed by atoms with van der Waals surface area (Å²) in [5, 5.41) is 12.3. The van der Waals surface area contributed by atoms with Crippen molar-refractivity contribution in [2.75, 3.05) is 13.2 Å². The molecule has 1 atom stereocenters. The number of unbranched alkanes of at least 4 members (excludes halogenated alkanes) is 15. The first-order chi connectivity index (χ1) is 17.7. The quantitative estimate of drug-likeness (QED) is 0.0707. The fourth-order valence-corrected chi connectivity index (χ4v) is 4.77. The molecule has 1 aromatic rings. The van der Waals surface area contributed by atoms with Crippen molar-refractivity contribution in [1.82, 2.24) is 0 Å². The smallest absolute Gasteiger partial charge is 0.327 e. The van der Waals surface area contributed by atoms with Gasteiger partial charge in [0, 0.05) is 0 Å². The molecule has 1 unspecified atom stereocenters. The SMILES string of the molecule is CCCCCCCCCCCCCCCCCCc1ccccc1OOP1(=O)OCCOOOOO1. The van der Waals surface area contributed by atoms with Gasteiger partial charge in [-0.15, -0.1) is 0 Å². The molecule has 0 amide bonds. The normalized spacial score (nSPS) is 18.9. The minimum absolute atomic E-state index is 0.0735. The molecule has 0 saturated carbocycles. The Morgan fingerprint density at radius 2 is 1.31 bits per heavy atom. The second-order valence-corrected chi connectivity index (χ2v) is 10.7. The van der Waals surface area contributed by atoms with Crippen LogP contribution >= 0.6 is 7.82 Å². The summed E-state index contributed by atoms with van der Waals surface area (Å²) in [6.07, 6.45) is 22.2. The van der Waals surface area contributed by atoms with Crippen LogP contribution in [0, 0.1) is 0 Å². The van der Waals surface area contributed by atoms with Crippen LogP contribution in [0.15, 0.2) is 24.3 Å². The zero-order valence-corrected chi connectivity index (χ0v) is 22.8. The Hall–Kier alpha value is -1.03. The number of hydrogen-bond donors (Lipinski definition) is 0. The van der Waals surface area contributed by atoms with E-state index in [1.165, 1.54) is 89.9 Å². The van der Waals surface area contributed by atoms with E-state index in [1.807, 2.05) is 12.1 Å². The van der Waals surface area contributed by atoms with Gasteiger partial charge in [0.15, 0.2) is 5.75 Å². The Morgan fingerprint density at radius 1 is 0.722 bits per heavy atom. The Bertz CT molecular complexity index is 690. The molecule has 9 nitrogen and oxygen atoms in total. The maximum Gasteiger partial charge on any atom is 0.540 e. The van der Waals surface area contributed by atoms with E-state index < -0.39 is 7.82 Å². The third-order valence-corrected chi connectivity index (χ3v) is 7.13. The van der Waals surface area contributed by atoms with Crippen molar-refractivity contribution in [1.29, 1.82) is 0 Å². The third kappa shape index (κ3) is 15.3. The first kappa shape index (κ1) is 31.2. The average molecular weight is 533 g/mol. The van der Waals surface area contributed by atoms with Crippen LogP contribution in [0.4, 0.5) is 0 Å². The molecule has 36 heavy (non-hydrogen) atoms. The van der Waals surface area contributed by atoms with Crippen LogP contribution in [0.2, 0.25) is 0 Å². The monoisotopic (exact) mass is 532 g/mol. The van der Waals surface area contributed by atoms with Gasteiger partial charge in [-0.25, -0.2) is 9.45 Å². The van der Waals surface area contributed by atoms with E-state index in [4.69, 9.17) is 14.1 Å². The van der Waals surface area contributed by atoms with Gasteiger partial charge in [-0.2, -0.15) is 0 Å². The summed E-state index contributed by atoms with van der Waals surface area (Å²) in [5.74, 6) is 0.439. The van der Waals surface area contributed by atoms with Crippen molar-refractivity contribution >= 4 is 7.82 Å². The highest BCUT2D eigenvalue weighted by molar-refractivity contribution is 7.48. The Balaban J connectivity index is 1.50. The van der Waals surface area contributed by atoms with Gasteiger partial charge in [-0.05, 0) is 39.6 Å². The highest BCUT2D eigenvalue weighted by Crippen LogP contribution is 2.50. The third-order valence-electron chi connectivity index (χ3n) is 6.13. The molecular formula is C26H45O9P. The van der Waals surface area contributed by atoms with E-state index in [9.17, 15) is 4.57 Å². The zero-order valence-electron chi connectivity index (χ0n) is 21.9. The van der Waals surface area contributed by atoms with Gasteiger partial charge in [-0.3, -0.25) is 4.52 Å². The van der Waals surface area contributed by atoms with E-state index in [1.54, 1.807) is 12.1 Å². The molecule has 0 bridgehead atoms. The van der Waals surface area contributed by atoms with Crippen LogP contribution < -0.4 is 4.89 Å². The molecular weight excluding hydrogens is 487 g/mol. The maximum absolute atomic E-state index is 12.5. The fraction of sp³-hybridized carbons (Fsp3) is 0.769. The molecule has 0 aliphatic carbocycles. The number of rotatable bonds is 20. The number of benzene rings is 1. The van der Waals surface area contributed by atoms with Crippen molar-refractivity contribution in [3.8, 4) is 5.75 Å². The van der Waals surface area contributed by atoms with Crippen molar-refractivity contribution in [2.45, 2.75) is 116 Å². The van der Waals surface area contributed by atoms with Crippen LogP contribution in [-0.2, 0) is 44.9 Å². The molecule has 1 aromatic carbocycles. The van der Waals surface area contributed by atoms with Gasteiger partial charge in [-0.1, -0.05) is 131 Å². The average Bonchev–Trinajstić information content (AvgIpc) is 3.00. The summed E-state index contributed by atoms with van der Waals surface area (Å²) in [7, 11) is -4.19. The summed E-state index contributed by atoms with van der Waals surface area (Å²) < 4.78 is 26.8. The van der Waals surface area contributed by atoms with E-state index in [0.29, 0.717) is 5.75 Å². The van der Waals surface area contributed by atoms with Gasteiger partial charge in [0.2, 0.25) is 0 Å². The summed E-state index contributed by atoms with van der Waals surface area (Å²) in [5.41, 5.74) is 0.947. The minimum Gasteiger partial charge on any atom is -0.327 e. The predicted molar refractivity (Wildman–Crippen MR) is 135 cm³/mol. The standard InChI is InChI=1S/C26H45O9P/c1-2-3-4-5-6-7-8-9-10-11-12-13-14-15-16-17-20-25-21-18-19-22-26(25)30-34-36(27)29-24-23-28-31-32-33-35-36/h18-19,21-22H,2-17,20,23-24H2,1H3. The summed E-state index contributed by atoms with van der Waals surface area (Å²) in [6, 6.07) is 7.41. The number of phosphoric acid groups is 1. The Kier molecular flexibility index (Phi) is 18.2. The summed E-state index contributed by atoms with van der Waals surface area (Å²) in [6.45, 7) is 2.05. The molecule has 2 rings (SSSR count). The molecule has 1 aliphatic heterocycles. The van der Waals surface area contributed by atoms with Crippen LogP contribution in [0.5, 0.6) is 5.75 Å². The predicted octanol–water partition coefficient (Wildman–Crippen LogP) is 8.68. The van der Waals surface area contributed by atoms with E-state index in [0.717, 1.165) is 24.8 Å². The van der Waals surface area contributed by atoms with Crippen LogP contribution in [0.1, 0.15) is 115 Å². The largest absolute Gasteiger partial charge is 0.540 e. The molecule has 0 aromatic heterocycles. The molecule has 1 aliphatic rings. The first-order valence-electron chi connectivity index (χ1n) is 13.7. The van der Waals surface area contributed by atoms with Gasteiger partial charge >= 0.3 is 7.82 Å². The van der Waals surface area contributed by atoms with Gasteiger partial charge in [0.25, 0.3) is 0 Å². The topological polar surface area (TPSA) is 90.9 Å². The molecule has 0 spiro atoms. The van der Waals surface area contributed by atoms with Gasteiger partial charge < -0.3 is 4.89 Å². The first-order valence-corrected chi connectivity index (χ1v) is 15.2. The van der Waals surface area contributed by atoms with Gasteiger partial charge in [0.05, 0.1) is 6.61 Å². The minimum atomic E-state index is -4.19.